The molecule has 2 aliphatic heterocycles. The Bertz CT molecular complexity index is 1160. The molecule has 0 spiro atoms. The van der Waals surface area contributed by atoms with Crippen LogP contribution in [0.4, 0.5) is 4.39 Å². The first kappa shape index (κ1) is 25.3. The lowest BCUT2D eigenvalue weighted by Gasteiger charge is -2.34. The Hall–Kier alpha value is -2.83. The summed E-state index contributed by atoms with van der Waals surface area (Å²) < 4.78 is 54.6. The summed E-state index contributed by atoms with van der Waals surface area (Å²) in [5.41, 5.74) is 0.491. The van der Waals surface area contributed by atoms with Gasteiger partial charge in [0.15, 0.2) is 21.4 Å². The fraction of sp³-hybridized carbons (Fsp3) is 0.522. The van der Waals surface area contributed by atoms with Crippen LogP contribution in [0, 0.1) is 12.7 Å². The zero-order valence-electron chi connectivity index (χ0n) is 19.8. The first-order valence-electron chi connectivity index (χ1n) is 11.4. The number of halogens is 1. The van der Waals surface area contributed by atoms with Crippen molar-refractivity contribution in [3.05, 3.63) is 35.9 Å². The number of benzene rings is 1. The normalized spacial score (nSPS) is 17.9. The molecule has 1 aromatic heterocycles. The Morgan fingerprint density at radius 1 is 1.14 bits per heavy atom. The number of morpholine rings is 1. The number of carbonyl (C=O) groups is 1. The molecule has 2 fully saturated rings. The molecular formula is C23H29FN4O6S. The second-order valence-corrected chi connectivity index (χ2v) is 10.7. The molecule has 1 amide bonds. The number of carbonyl (C=O) groups excluding carboxylic acids is 1. The van der Waals surface area contributed by atoms with Gasteiger partial charge >= 0.3 is 0 Å². The van der Waals surface area contributed by atoms with Gasteiger partial charge in [0.05, 0.1) is 30.2 Å². The molecule has 0 N–H and O–H groups in total. The van der Waals surface area contributed by atoms with Crippen molar-refractivity contribution in [3.8, 4) is 17.5 Å². The van der Waals surface area contributed by atoms with Crippen molar-refractivity contribution in [2.75, 3.05) is 52.2 Å². The third-order valence-electron chi connectivity index (χ3n) is 6.07. The largest absolute Gasteiger partial charge is 0.474 e. The quantitative estimate of drug-likeness (QED) is 0.553. The van der Waals surface area contributed by atoms with Crippen LogP contribution in [0.1, 0.15) is 18.4 Å². The van der Waals surface area contributed by atoms with E-state index >= 15 is 0 Å². The van der Waals surface area contributed by atoms with Crippen molar-refractivity contribution in [3.63, 3.8) is 0 Å². The number of amides is 1. The van der Waals surface area contributed by atoms with E-state index in [9.17, 15) is 17.6 Å². The first-order chi connectivity index (χ1) is 16.7. The van der Waals surface area contributed by atoms with Gasteiger partial charge in [0.1, 0.15) is 12.4 Å². The summed E-state index contributed by atoms with van der Waals surface area (Å²) in [6, 6.07) is 3.43. The number of sulfone groups is 1. The summed E-state index contributed by atoms with van der Waals surface area (Å²) in [6.45, 7) is 6.16. The van der Waals surface area contributed by atoms with Gasteiger partial charge in [0.2, 0.25) is 17.7 Å². The standard InChI is InChI=1S/C23H29FN4O6S/c1-16-22(25-15-26-23(16)34-20-4-3-18(13-19(20)24)35(2,30)31)33-17-5-7-28(8-6-17)21(29)14-27-9-11-32-12-10-27/h3-4,13,15,17H,5-12,14H2,1-2H3. The van der Waals surface area contributed by atoms with E-state index < -0.39 is 15.7 Å². The molecule has 4 rings (SSSR count). The van der Waals surface area contributed by atoms with Gasteiger partial charge in [-0.05, 0) is 25.1 Å². The van der Waals surface area contributed by atoms with Gasteiger partial charge in [-0.3, -0.25) is 9.69 Å². The van der Waals surface area contributed by atoms with Gasteiger partial charge in [-0.1, -0.05) is 0 Å². The molecule has 0 radical (unpaired) electrons. The van der Waals surface area contributed by atoms with Crippen LogP contribution in [-0.4, -0.2) is 92.4 Å². The van der Waals surface area contributed by atoms with E-state index in [1.807, 2.05) is 4.90 Å². The van der Waals surface area contributed by atoms with E-state index in [0.29, 0.717) is 57.1 Å². The Labute approximate surface area is 203 Å². The molecule has 0 aliphatic carbocycles. The maximum atomic E-state index is 14.4. The number of rotatable bonds is 7. The summed E-state index contributed by atoms with van der Waals surface area (Å²) in [5.74, 6) is -0.427. The molecule has 2 aliphatic rings. The summed E-state index contributed by atoms with van der Waals surface area (Å²) in [7, 11) is -3.54. The van der Waals surface area contributed by atoms with Crippen molar-refractivity contribution in [2.24, 2.45) is 0 Å². The summed E-state index contributed by atoms with van der Waals surface area (Å²) >= 11 is 0. The average molecular weight is 509 g/mol. The van der Waals surface area contributed by atoms with E-state index in [1.54, 1.807) is 6.92 Å². The lowest BCUT2D eigenvalue weighted by Crippen LogP contribution is -2.48. The fourth-order valence-corrected chi connectivity index (χ4v) is 4.60. The first-order valence-corrected chi connectivity index (χ1v) is 13.3. The highest BCUT2D eigenvalue weighted by Crippen LogP contribution is 2.31. The van der Waals surface area contributed by atoms with Crippen LogP contribution in [0.3, 0.4) is 0 Å². The van der Waals surface area contributed by atoms with Crippen LogP contribution < -0.4 is 9.47 Å². The molecule has 12 heteroatoms. The van der Waals surface area contributed by atoms with E-state index in [-0.39, 0.29) is 28.5 Å². The Morgan fingerprint density at radius 2 is 1.83 bits per heavy atom. The molecule has 35 heavy (non-hydrogen) atoms. The van der Waals surface area contributed by atoms with Crippen LogP contribution in [0.25, 0.3) is 0 Å². The third kappa shape index (κ3) is 6.44. The maximum Gasteiger partial charge on any atom is 0.236 e. The van der Waals surface area contributed by atoms with Crippen LogP contribution >= 0.6 is 0 Å². The number of piperidine rings is 1. The molecule has 190 valence electrons. The molecule has 0 atom stereocenters. The number of hydrogen-bond donors (Lipinski definition) is 0. The lowest BCUT2D eigenvalue weighted by atomic mass is 10.1. The van der Waals surface area contributed by atoms with Crippen LogP contribution in [0.2, 0.25) is 0 Å². The Balaban J connectivity index is 1.34. The highest BCUT2D eigenvalue weighted by Gasteiger charge is 2.27. The number of likely N-dealkylation sites (tertiary alicyclic amines) is 1. The Kier molecular flexibility index (Phi) is 7.82. The topological polar surface area (TPSA) is 111 Å². The molecule has 0 bridgehead atoms. The third-order valence-corrected chi connectivity index (χ3v) is 7.18. The second kappa shape index (κ2) is 10.8. The number of ether oxygens (including phenoxy) is 3. The molecule has 2 aromatic rings. The zero-order valence-corrected chi connectivity index (χ0v) is 20.6. The molecule has 0 unspecified atom stereocenters. The minimum absolute atomic E-state index is 0.110. The van der Waals surface area contributed by atoms with Gasteiger partial charge < -0.3 is 19.1 Å². The smallest absolute Gasteiger partial charge is 0.236 e. The Morgan fingerprint density at radius 3 is 2.49 bits per heavy atom. The average Bonchev–Trinajstić information content (AvgIpc) is 2.83. The highest BCUT2D eigenvalue weighted by molar-refractivity contribution is 7.90. The summed E-state index contributed by atoms with van der Waals surface area (Å²) in [5, 5.41) is 0. The molecule has 0 saturated carbocycles. The minimum Gasteiger partial charge on any atom is -0.474 e. The molecular weight excluding hydrogens is 479 g/mol. The predicted molar refractivity (Wildman–Crippen MR) is 124 cm³/mol. The molecule has 3 heterocycles. The fourth-order valence-electron chi connectivity index (χ4n) is 3.97. The molecule has 1 aromatic carbocycles. The highest BCUT2D eigenvalue weighted by atomic mass is 32.2. The van der Waals surface area contributed by atoms with Gasteiger partial charge in [-0.25, -0.2) is 22.8 Å². The SMILES string of the molecule is Cc1c(Oc2ccc(S(C)(=O)=O)cc2F)ncnc1OC1CCN(C(=O)CN2CCOCC2)CC1. The second-order valence-electron chi connectivity index (χ2n) is 8.66. The van der Waals surface area contributed by atoms with Crippen molar-refractivity contribution in [2.45, 2.75) is 30.8 Å². The van der Waals surface area contributed by atoms with Crippen LogP contribution in [0.15, 0.2) is 29.4 Å². The lowest BCUT2D eigenvalue weighted by molar-refractivity contribution is -0.135. The molecule has 10 nitrogen and oxygen atoms in total. The monoisotopic (exact) mass is 508 g/mol. The van der Waals surface area contributed by atoms with Gasteiger partial charge in [0, 0.05) is 45.3 Å². The van der Waals surface area contributed by atoms with E-state index in [4.69, 9.17) is 14.2 Å². The van der Waals surface area contributed by atoms with Crippen LogP contribution in [-0.2, 0) is 19.4 Å². The van der Waals surface area contributed by atoms with Crippen molar-refractivity contribution >= 4 is 15.7 Å². The van der Waals surface area contributed by atoms with E-state index in [0.717, 1.165) is 25.4 Å². The van der Waals surface area contributed by atoms with Gasteiger partial charge in [-0.2, -0.15) is 0 Å². The number of hydrogen-bond acceptors (Lipinski definition) is 9. The maximum absolute atomic E-state index is 14.4. The zero-order chi connectivity index (χ0) is 25.0. The van der Waals surface area contributed by atoms with Crippen molar-refractivity contribution in [1.82, 2.24) is 19.8 Å². The van der Waals surface area contributed by atoms with E-state index in [2.05, 4.69) is 14.9 Å². The van der Waals surface area contributed by atoms with Gasteiger partial charge in [0.25, 0.3) is 0 Å². The molecule has 2 saturated heterocycles. The minimum atomic E-state index is -3.54. The number of nitrogens with zero attached hydrogens (tertiary/aromatic N) is 4. The number of aromatic nitrogens is 2. The van der Waals surface area contributed by atoms with Gasteiger partial charge in [-0.15, -0.1) is 0 Å². The van der Waals surface area contributed by atoms with E-state index in [1.165, 1.54) is 18.5 Å². The van der Waals surface area contributed by atoms with Crippen LogP contribution in [0.5, 0.6) is 17.5 Å². The summed E-state index contributed by atoms with van der Waals surface area (Å²) in [6.07, 6.45) is 3.47. The predicted octanol–water partition coefficient (Wildman–Crippen LogP) is 1.82. The van der Waals surface area contributed by atoms with Crippen molar-refractivity contribution < 1.29 is 31.8 Å². The summed E-state index contributed by atoms with van der Waals surface area (Å²) in [4.78, 5) is 24.7. The van der Waals surface area contributed by atoms with Crippen molar-refractivity contribution in [1.29, 1.82) is 0 Å².